The number of anilines is 1. The van der Waals surface area contributed by atoms with Crippen molar-refractivity contribution in [3.8, 4) is 0 Å². The van der Waals surface area contributed by atoms with Crippen molar-refractivity contribution in [3.63, 3.8) is 0 Å². The molecular weight excluding hydrogens is 454 g/mol. The predicted molar refractivity (Wildman–Crippen MR) is 107 cm³/mol. The number of likely N-dealkylation sites (tertiary alicyclic amines) is 1. The second-order valence-electron chi connectivity index (χ2n) is 7.50. The zero-order valence-electron chi connectivity index (χ0n) is 17.4. The summed E-state index contributed by atoms with van der Waals surface area (Å²) in [5.41, 5.74) is -0.627. The third-order valence-electron chi connectivity index (χ3n) is 5.31. The Hall–Kier alpha value is -3.24. The van der Waals surface area contributed by atoms with E-state index in [1.54, 1.807) is 0 Å². The highest BCUT2D eigenvalue weighted by atomic mass is 19.4. The average Bonchev–Trinajstić information content (AvgIpc) is 3.27. The molecule has 2 aromatic rings. The van der Waals surface area contributed by atoms with Gasteiger partial charge < -0.3 is 9.64 Å². The summed E-state index contributed by atoms with van der Waals surface area (Å²) in [6.07, 6.45) is -9.51. The van der Waals surface area contributed by atoms with Crippen molar-refractivity contribution in [2.24, 2.45) is 0 Å². The van der Waals surface area contributed by atoms with Gasteiger partial charge >= 0.3 is 24.4 Å². The Bertz CT molecular complexity index is 1000. The number of rotatable bonds is 4. The number of carbonyl (C=O) groups excluding carboxylic acids is 2. The lowest BCUT2D eigenvalue weighted by Gasteiger charge is -2.33. The topological polar surface area (TPSA) is 49.9 Å². The van der Waals surface area contributed by atoms with Crippen LogP contribution in [0.25, 0.3) is 0 Å². The van der Waals surface area contributed by atoms with Gasteiger partial charge in [0.2, 0.25) is 0 Å². The Morgan fingerprint density at radius 3 is 2.30 bits per heavy atom. The van der Waals surface area contributed by atoms with Crippen molar-refractivity contribution < 1.29 is 40.7 Å². The fourth-order valence-corrected chi connectivity index (χ4v) is 3.66. The van der Waals surface area contributed by atoms with Gasteiger partial charge in [0, 0.05) is 12.2 Å². The largest absolute Gasteiger partial charge is 0.465 e. The average molecular weight is 474 g/mol. The van der Waals surface area contributed by atoms with Gasteiger partial charge in [-0.3, -0.25) is 4.90 Å². The molecule has 0 saturated carbocycles. The summed E-state index contributed by atoms with van der Waals surface area (Å²) in [5.74, 6) is -0.613. The van der Waals surface area contributed by atoms with Crippen molar-refractivity contribution in [2.45, 2.75) is 37.8 Å². The third kappa shape index (κ3) is 5.58. The molecule has 1 saturated heterocycles. The summed E-state index contributed by atoms with van der Waals surface area (Å²) in [6, 6.07) is 6.47. The van der Waals surface area contributed by atoms with Crippen LogP contribution in [0.4, 0.5) is 36.8 Å². The fourth-order valence-electron chi connectivity index (χ4n) is 3.66. The van der Waals surface area contributed by atoms with Gasteiger partial charge in [0.25, 0.3) is 0 Å². The second-order valence-corrected chi connectivity index (χ2v) is 7.50. The number of carbonyl (C=O) groups is 2. The molecule has 1 aliphatic heterocycles. The number of methoxy groups -OCH3 is 1. The molecular formula is C22H20F6N2O3. The summed E-state index contributed by atoms with van der Waals surface area (Å²) in [5, 5.41) is 0. The molecule has 2 aromatic carbocycles. The molecule has 1 unspecified atom stereocenters. The van der Waals surface area contributed by atoms with E-state index in [1.807, 2.05) is 0 Å². The Morgan fingerprint density at radius 1 is 1.06 bits per heavy atom. The highest BCUT2D eigenvalue weighted by Gasteiger charge is 2.48. The Kier molecular flexibility index (Phi) is 6.89. The smallest absolute Gasteiger partial charge is 0.416 e. The number of hydrogen-bond donors (Lipinski definition) is 0. The lowest BCUT2D eigenvalue weighted by atomic mass is 10.1. The summed E-state index contributed by atoms with van der Waals surface area (Å²) < 4.78 is 84.6. The van der Waals surface area contributed by atoms with Crippen LogP contribution in [0.15, 0.2) is 48.5 Å². The molecule has 1 heterocycles. The van der Waals surface area contributed by atoms with Gasteiger partial charge in [0.1, 0.15) is 6.04 Å². The van der Waals surface area contributed by atoms with Crippen molar-refractivity contribution in [2.75, 3.05) is 18.6 Å². The van der Waals surface area contributed by atoms with E-state index in [9.17, 15) is 35.9 Å². The van der Waals surface area contributed by atoms with Gasteiger partial charge in [-0.2, -0.15) is 26.3 Å². The number of amides is 2. The van der Waals surface area contributed by atoms with Crippen LogP contribution in [0.3, 0.4) is 0 Å². The van der Waals surface area contributed by atoms with Crippen LogP contribution in [0.2, 0.25) is 0 Å². The van der Waals surface area contributed by atoms with Crippen LogP contribution in [-0.4, -0.2) is 42.8 Å². The molecule has 0 aromatic heterocycles. The van der Waals surface area contributed by atoms with E-state index in [0.717, 1.165) is 23.1 Å². The number of esters is 1. The minimum absolute atomic E-state index is 0.125. The molecule has 0 N–H and O–H groups in total. The van der Waals surface area contributed by atoms with Gasteiger partial charge in [0.05, 0.1) is 24.8 Å². The van der Waals surface area contributed by atoms with Crippen LogP contribution in [0.1, 0.15) is 34.3 Å². The lowest BCUT2D eigenvalue weighted by Crippen LogP contribution is -2.50. The number of nitrogens with zero attached hydrogens (tertiary/aromatic N) is 2. The maximum atomic E-state index is 13.4. The summed E-state index contributed by atoms with van der Waals surface area (Å²) in [6.45, 7) is -0.470. The molecule has 33 heavy (non-hydrogen) atoms. The molecule has 3 rings (SSSR count). The molecule has 1 fully saturated rings. The fraction of sp³-hybridized carbons (Fsp3) is 0.364. The van der Waals surface area contributed by atoms with E-state index < -0.39 is 36.0 Å². The minimum Gasteiger partial charge on any atom is -0.465 e. The molecule has 178 valence electrons. The standard InChI is InChI=1S/C22H20F6N2O3/c1-33-19(31)15-9-7-14(8-10-15)13-30(17-5-2-4-16(12-17)21(23,24)25)20(32)29-11-3-6-18(29)22(26,27)28/h2,4-5,7-10,12,18H,3,6,11,13H2,1H3. The van der Waals surface area contributed by atoms with Gasteiger partial charge in [-0.1, -0.05) is 18.2 Å². The maximum absolute atomic E-state index is 13.4. The van der Waals surface area contributed by atoms with E-state index in [1.165, 1.54) is 37.4 Å². The van der Waals surface area contributed by atoms with Gasteiger partial charge in [-0.25, -0.2) is 9.59 Å². The molecule has 1 atom stereocenters. The number of ether oxygens (including phenoxy) is 1. The Morgan fingerprint density at radius 2 is 1.73 bits per heavy atom. The monoisotopic (exact) mass is 474 g/mol. The van der Waals surface area contributed by atoms with E-state index in [0.29, 0.717) is 10.5 Å². The molecule has 5 nitrogen and oxygen atoms in total. The Labute approximate surface area is 185 Å². The highest BCUT2D eigenvalue weighted by molar-refractivity contribution is 5.93. The summed E-state index contributed by atoms with van der Waals surface area (Å²) >= 11 is 0. The summed E-state index contributed by atoms with van der Waals surface area (Å²) in [7, 11) is 1.19. The zero-order chi connectivity index (χ0) is 24.4. The van der Waals surface area contributed by atoms with Crippen LogP contribution in [0, 0.1) is 0 Å². The number of urea groups is 1. The number of hydrogen-bond acceptors (Lipinski definition) is 3. The number of alkyl halides is 6. The molecule has 0 radical (unpaired) electrons. The molecule has 2 amide bonds. The van der Waals surface area contributed by atoms with Crippen molar-refractivity contribution >= 4 is 17.7 Å². The van der Waals surface area contributed by atoms with Crippen LogP contribution >= 0.6 is 0 Å². The predicted octanol–water partition coefficient (Wildman–Crippen LogP) is 5.65. The van der Waals surface area contributed by atoms with Gasteiger partial charge in [0.15, 0.2) is 0 Å². The first-order valence-electron chi connectivity index (χ1n) is 9.91. The van der Waals surface area contributed by atoms with Gasteiger partial charge in [-0.05, 0) is 48.7 Å². The van der Waals surface area contributed by atoms with Crippen molar-refractivity contribution in [3.05, 3.63) is 65.2 Å². The van der Waals surface area contributed by atoms with Crippen LogP contribution < -0.4 is 4.90 Å². The third-order valence-corrected chi connectivity index (χ3v) is 5.31. The summed E-state index contributed by atoms with van der Waals surface area (Å²) in [4.78, 5) is 26.3. The zero-order valence-corrected chi connectivity index (χ0v) is 17.4. The first-order chi connectivity index (χ1) is 15.4. The van der Waals surface area contributed by atoms with Crippen molar-refractivity contribution in [1.29, 1.82) is 0 Å². The molecule has 11 heteroatoms. The van der Waals surface area contributed by atoms with Gasteiger partial charge in [-0.15, -0.1) is 0 Å². The first-order valence-corrected chi connectivity index (χ1v) is 9.91. The van der Waals surface area contributed by atoms with E-state index in [2.05, 4.69) is 4.74 Å². The lowest BCUT2D eigenvalue weighted by molar-refractivity contribution is -0.168. The highest BCUT2D eigenvalue weighted by Crippen LogP contribution is 2.36. The number of benzene rings is 2. The van der Waals surface area contributed by atoms with Crippen LogP contribution in [-0.2, 0) is 17.5 Å². The maximum Gasteiger partial charge on any atom is 0.416 e. The second kappa shape index (κ2) is 9.32. The minimum atomic E-state index is -4.70. The molecule has 0 bridgehead atoms. The normalized spacial score (nSPS) is 16.6. The van der Waals surface area contributed by atoms with Crippen molar-refractivity contribution in [1.82, 2.24) is 4.90 Å². The molecule has 1 aliphatic rings. The van der Waals surface area contributed by atoms with E-state index in [4.69, 9.17) is 0 Å². The quantitative estimate of drug-likeness (QED) is 0.426. The Balaban J connectivity index is 1.98. The molecule has 0 spiro atoms. The first kappa shape index (κ1) is 24.4. The van der Waals surface area contributed by atoms with E-state index in [-0.39, 0.29) is 37.2 Å². The SMILES string of the molecule is COC(=O)c1ccc(CN(C(=O)N2CCCC2C(F)(F)F)c2cccc(C(F)(F)F)c2)cc1. The van der Waals surface area contributed by atoms with E-state index >= 15 is 0 Å². The number of halogens is 6. The molecule has 0 aliphatic carbocycles. The van der Waals surface area contributed by atoms with Crippen LogP contribution in [0.5, 0.6) is 0 Å².